The Labute approximate surface area is 117 Å². The van der Waals surface area contributed by atoms with Gasteiger partial charge < -0.3 is 0 Å². The lowest BCUT2D eigenvalue weighted by Crippen LogP contribution is -2.24. The molecule has 100 valence electrons. The van der Waals surface area contributed by atoms with Crippen molar-refractivity contribution in [1.29, 1.82) is 0 Å². The molecule has 0 aliphatic carbocycles. The van der Waals surface area contributed by atoms with Gasteiger partial charge in [-0.25, -0.2) is 0 Å². The van der Waals surface area contributed by atoms with Gasteiger partial charge >= 0.3 is 0 Å². The van der Waals surface area contributed by atoms with Crippen molar-refractivity contribution < 1.29 is 14.4 Å². The standard InChI is InChI=1S/C17H14O3/c18-15(12-11-13-7-3-1-4-8-13)17(20)16(19)14-9-5-2-6-10-14/h1-10H,11-12H2. The summed E-state index contributed by atoms with van der Waals surface area (Å²) < 4.78 is 0. The summed E-state index contributed by atoms with van der Waals surface area (Å²) in [5.74, 6) is -2.31. The third-order valence-corrected chi connectivity index (χ3v) is 2.98. The minimum atomic E-state index is -0.938. The minimum absolute atomic E-state index is 0.0570. The average molecular weight is 266 g/mol. The van der Waals surface area contributed by atoms with Gasteiger partial charge in [-0.05, 0) is 12.0 Å². The van der Waals surface area contributed by atoms with Crippen molar-refractivity contribution in [3.63, 3.8) is 0 Å². The number of carbonyl (C=O) groups is 3. The van der Waals surface area contributed by atoms with Crippen molar-refractivity contribution in [2.75, 3.05) is 0 Å². The molecule has 0 atom stereocenters. The van der Waals surface area contributed by atoms with Crippen LogP contribution in [-0.4, -0.2) is 17.3 Å². The molecule has 2 aromatic rings. The highest BCUT2D eigenvalue weighted by Gasteiger charge is 2.23. The SMILES string of the molecule is O=C(CCc1ccccc1)C(=O)C(=O)c1ccccc1. The summed E-state index contributed by atoms with van der Waals surface area (Å²) in [6, 6.07) is 17.5. The topological polar surface area (TPSA) is 51.2 Å². The fraction of sp³-hybridized carbons (Fsp3) is 0.118. The molecule has 0 bridgehead atoms. The molecular formula is C17H14O3. The molecular weight excluding hydrogens is 252 g/mol. The van der Waals surface area contributed by atoms with E-state index in [1.54, 1.807) is 18.2 Å². The van der Waals surface area contributed by atoms with E-state index < -0.39 is 17.3 Å². The summed E-state index contributed by atoms with van der Waals surface area (Å²) in [5.41, 5.74) is 1.23. The first-order valence-corrected chi connectivity index (χ1v) is 6.39. The van der Waals surface area contributed by atoms with Crippen LogP contribution in [-0.2, 0) is 16.0 Å². The van der Waals surface area contributed by atoms with Crippen LogP contribution in [0.1, 0.15) is 22.3 Å². The lowest BCUT2D eigenvalue weighted by molar-refractivity contribution is -0.133. The predicted octanol–water partition coefficient (Wildman–Crippen LogP) is 2.64. The Bertz CT molecular complexity index is 615. The summed E-state index contributed by atoms with van der Waals surface area (Å²) in [4.78, 5) is 35.4. The van der Waals surface area contributed by atoms with E-state index in [4.69, 9.17) is 0 Å². The highest BCUT2D eigenvalue weighted by Crippen LogP contribution is 2.06. The highest BCUT2D eigenvalue weighted by molar-refractivity contribution is 6.67. The third-order valence-electron chi connectivity index (χ3n) is 2.98. The van der Waals surface area contributed by atoms with E-state index in [0.29, 0.717) is 6.42 Å². The fourth-order valence-corrected chi connectivity index (χ4v) is 1.86. The summed E-state index contributed by atoms with van der Waals surface area (Å²) in [7, 11) is 0. The Morgan fingerprint density at radius 1 is 0.750 bits per heavy atom. The van der Waals surface area contributed by atoms with E-state index in [9.17, 15) is 14.4 Å². The van der Waals surface area contributed by atoms with Gasteiger partial charge in [0, 0.05) is 12.0 Å². The van der Waals surface area contributed by atoms with Gasteiger partial charge in [0.05, 0.1) is 0 Å². The molecule has 2 aromatic carbocycles. The Kier molecular flexibility index (Phi) is 4.56. The van der Waals surface area contributed by atoms with Crippen molar-refractivity contribution in [3.8, 4) is 0 Å². The van der Waals surface area contributed by atoms with Crippen LogP contribution >= 0.6 is 0 Å². The maximum Gasteiger partial charge on any atom is 0.268 e. The number of aryl methyl sites for hydroxylation is 1. The number of Topliss-reactive ketones (excluding diaryl/α,β-unsaturated/α-hetero) is 3. The first kappa shape index (κ1) is 13.9. The molecule has 0 saturated carbocycles. The highest BCUT2D eigenvalue weighted by atomic mass is 16.2. The molecule has 0 unspecified atom stereocenters. The zero-order chi connectivity index (χ0) is 14.4. The summed E-state index contributed by atoms with van der Waals surface area (Å²) in [5, 5.41) is 0. The Balaban J connectivity index is 1.96. The molecule has 0 aliphatic heterocycles. The predicted molar refractivity (Wildman–Crippen MR) is 75.5 cm³/mol. The van der Waals surface area contributed by atoms with Gasteiger partial charge in [-0.2, -0.15) is 0 Å². The van der Waals surface area contributed by atoms with Gasteiger partial charge in [0.2, 0.25) is 11.6 Å². The molecule has 0 heterocycles. The maximum atomic E-state index is 11.8. The van der Waals surface area contributed by atoms with Crippen LogP contribution in [0.3, 0.4) is 0 Å². The molecule has 20 heavy (non-hydrogen) atoms. The first-order chi connectivity index (χ1) is 9.68. The van der Waals surface area contributed by atoms with E-state index in [1.165, 1.54) is 12.1 Å². The van der Waals surface area contributed by atoms with Crippen LogP contribution in [0.15, 0.2) is 60.7 Å². The zero-order valence-electron chi connectivity index (χ0n) is 10.9. The molecule has 3 nitrogen and oxygen atoms in total. The number of ketones is 3. The molecule has 0 fully saturated rings. The average Bonchev–Trinajstić information content (AvgIpc) is 2.53. The van der Waals surface area contributed by atoms with Crippen LogP contribution in [0.5, 0.6) is 0 Å². The van der Waals surface area contributed by atoms with E-state index >= 15 is 0 Å². The van der Waals surface area contributed by atoms with Crippen molar-refractivity contribution in [2.24, 2.45) is 0 Å². The first-order valence-electron chi connectivity index (χ1n) is 6.39. The second-order valence-electron chi connectivity index (χ2n) is 4.43. The molecule has 0 amide bonds. The smallest absolute Gasteiger partial charge is 0.268 e. The molecule has 0 aliphatic rings. The monoisotopic (exact) mass is 266 g/mol. The number of hydrogen-bond acceptors (Lipinski definition) is 3. The van der Waals surface area contributed by atoms with Gasteiger partial charge in [-0.3, -0.25) is 14.4 Å². The van der Waals surface area contributed by atoms with Gasteiger partial charge in [0.15, 0.2) is 0 Å². The van der Waals surface area contributed by atoms with Crippen LogP contribution < -0.4 is 0 Å². The summed E-state index contributed by atoms with van der Waals surface area (Å²) in [6.45, 7) is 0. The lowest BCUT2D eigenvalue weighted by Gasteiger charge is -2.01. The van der Waals surface area contributed by atoms with Crippen LogP contribution in [0, 0.1) is 0 Å². The number of benzene rings is 2. The maximum absolute atomic E-state index is 11.8. The third kappa shape index (κ3) is 3.48. The second kappa shape index (κ2) is 6.57. The van der Waals surface area contributed by atoms with Crippen LogP contribution in [0.25, 0.3) is 0 Å². The normalized spacial score (nSPS) is 10.0. The van der Waals surface area contributed by atoms with E-state index in [0.717, 1.165) is 5.56 Å². The van der Waals surface area contributed by atoms with E-state index in [-0.39, 0.29) is 12.0 Å². The molecule has 0 spiro atoms. The second-order valence-corrected chi connectivity index (χ2v) is 4.43. The summed E-state index contributed by atoms with van der Waals surface area (Å²) >= 11 is 0. The minimum Gasteiger partial charge on any atom is -0.290 e. The van der Waals surface area contributed by atoms with Crippen molar-refractivity contribution in [1.82, 2.24) is 0 Å². The quantitative estimate of drug-likeness (QED) is 0.459. The largest absolute Gasteiger partial charge is 0.290 e. The number of carbonyl (C=O) groups excluding carboxylic acids is 3. The van der Waals surface area contributed by atoms with Crippen molar-refractivity contribution >= 4 is 17.3 Å². The van der Waals surface area contributed by atoms with Crippen molar-refractivity contribution in [3.05, 3.63) is 71.8 Å². The van der Waals surface area contributed by atoms with E-state index in [2.05, 4.69) is 0 Å². The molecule has 0 radical (unpaired) electrons. The lowest BCUT2D eigenvalue weighted by atomic mass is 10.0. The Hall–Kier alpha value is -2.55. The van der Waals surface area contributed by atoms with Crippen molar-refractivity contribution in [2.45, 2.75) is 12.8 Å². The zero-order valence-corrected chi connectivity index (χ0v) is 10.9. The Morgan fingerprint density at radius 3 is 1.90 bits per heavy atom. The molecule has 0 saturated heterocycles. The van der Waals surface area contributed by atoms with Gasteiger partial charge in [-0.1, -0.05) is 60.7 Å². The number of hydrogen-bond donors (Lipinski definition) is 0. The molecule has 0 aromatic heterocycles. The fourth-order valence-electron chi connectivity index (χ4n) is 1.86. The van der Waals surface area contributed by atoms with Crippen LogP contribution in [0.4, 0.5) is 0 Å². The van der Waals surface area contributed by atoms with Crippen LogP contribution in [0.2, 0.25) is 0 Å². The van der Waals surface area contributed by atoms with Gasteiger partial charge in [0.1, 0.15) is 0 Å². The van der Waals surface area contributed by atoms with Gasteiger partial charge in [-0.15, -0.1) is 0 Å². The Morgan fingerprint density at radius 2 is 1.30 bits per heavy atom. The molecule has 0 N–H and O–H groups in total. The molecule has 3 heteroatoms. The number of rotatable bonds is 6. The van der Waals surface area contributed by atoms with Gasteiger partial charge in [0.25, 0.3) is 5.78 Å². The summed E-state index contributed by atoms with van der Waals surface area (Å²) in [6.07, 6.45) is 0.523. The van der Waals surface area contributed by atoms with E-state index in [1.807, 2.05) is 30.3 Å². The molecule has 2 rings (SSSR count).